The molecule has 2 N–H and O–H groups in total. The van der Waals surface area contributed by atoms with Crippen LogP contribution in [0.2, 0.25) is 5.02 Å². The average molecular weight is 302 g/mol. The molecule has 112 valence electrons. The summed E-state index contributed by atoms with van der Waals surface area (Å²) >= 11 is 6.01. The molecule has 0 aliphatic carbocycles. The molecule has 0 radical (unpaired) electrons. The molecule has 0 bridgehead atoms. The van der Waals surface area contributed by atoms with Gasteiger partial charge in [-0.15, -0.1) is 0 Å². The Morgan fingerprint density at radius 2 is 2.15 bits per heavy atom. The number of hydrogen-bond acceptors (Lipinski definition) is 3. The number of benzene rings is 1. The van der Waals surface area contributed by atoms with E-state index in [1.54, 1.807) is 19.9 Å². The first-order valence-electron chi connectivity index (χ1n) is 6.82. The average Bonchev–Trinajstić information content (AvgIpc) is 2.39. The number of aryl methyl sites for hydroxylation is 1. The monoisotopic (exact) mass is 301 g/mol. The second-order valence-electron chi connectivity index (χ2n) is 4.78. The van der Waals surface area contributed by atoms with Crippen LogP contribution < -0.4 is 5.73 Å². The third-order valence-electron chi connectivity index (χ3n) is 3.13. The van der Waals surface area contributed by atoms with Crippen LogP contribution >= 0.6 is 11.6 Å². The highest BCUT2D eigenvalue weighted by Gasteiger charge is 2.13. The summed E-state index contributed by atoms with van der Waals surface area (Å²) in [5.41, 5.74) is 7.35. The Hall–Kier alpha value is -1.13. The summed E-state index contributed by atoms with van der Waals surface area (Å²) in [6.07, 6.45) is 2.62. The van der Waals surface area contributed by atoms with Crippen molar-refractivity contribution in [3.63, 3.8) is 0 Å². The zero-order chi connectivity index (χ0) is 15.1. The molecule has 1 rings (SSSR count). The van der Waals surface area contributed by atoms with Gasteiger partial charge in [0.05, 0.1) is 6.61 Å². The largest absolute Gasteiger partial charge is 0.466 e. The molecule has 1 aromatic rings. The first kappa shape index (κ1) is 16.9. The molecule has 0 aliphatic rings. The van der Waals surface area contributed by atoms with Crippen molar-refractivity contribution in [2.45, 2.75) is 45.6 Å². The summed E-state index contributed by atoms with van der Waals surface area (Å²) < 4.78 is 18.2. The molecule has 0 aliphatic heterocycles. The molecule has 0 saturated heterocycles. The van der Waals surface area contributed by atoms with Crippen LogP contribution in [0.3, 0.4) is 0 Å². The smallest absolute Gasteiger partial charge is 0.305 e. The minimum atomic E-state index is -0.326. The van der Waals surface area contributed by atoms with Crippen LogP contribution in [0, 0.1) is 12.7 Å². The number of rotatable bonds is 7. The topological polar surface area (TPSA) is 52.3 Å². The highest BCUT2D eigenvalue weighted by Crippen LogP contribution is 2.27. The Morgan fingerprint density at radius 3 is 2.80 bits per heavy atom. The van der Waals surface area contributed by atoms with E-state index in [4.69, 9.17) is 22.1 Å². The van der Waals surface area contributed by atoms with Gasteiger partial charge < -0.3 is 10.5 Å². The molecule has 3 nitrogen and oxygen atoms in total. The quantitative estimate of drug-likeness (QED) is 0.613. The zero-order valence-corrected chi connectivity index (χ0v) is 12.7. The lowest BCUT2D eigenvalue weighted by molar-refractivity contribution is -0.143. The van der Waals surface area contributed by atoms with E-state index < -0.39 is 0 Å². The second-order valence-corrected chi connectivity index (χ2v) is 5.19. The van der Waals surface area contributed by atoms with Crippen molar-refractivity contribution in [1.29, 1.82) is 0 Å². The van der Waals surface area contributed by atoms with E-state index in [-0.39, 0.29) is 17.8 Å². The number of nitrogens with two attached hydrogens (primary N) is 1. The van der Waals surface area contributed by atoms with E-state index in [0.717, 1.165) is 18.4 Å². The van der Waals surface area contributed by atoms with Gasteiger partial charge in [-0.05, 0) is 43.9 Å². The van der Waals surface area contributed by atoms with Gasteiger partial charge in [-0.25, -0.2) is 4.39 Å². The standard InChI is InChI=1S/C15H21ClFNO2/c1-3-20-15(19)7-5-4-6-14(18)11-8-10(2)13(17)9-12(11)16/h8-9,14H,3-7,18H2,1-2H3. The Kier molecular flexibility index (Phi) is 6.96. The molecular weight excluding hydrogens is 281 g/mol. The maximum atomic E-state index is 13.3. The predicted octanol–water partition coefficient (Wildman–Crippen LogP) is 3.91. The molecule has 5 heteroatoms. The van der Waals surface area contributed by atoms with Crippen LogP contribution in [-0.4, -0.2) is 12.6 Å². The number of hydrogen-bond donors (Lipinski definition) is 1. The van der Waals surface area contributed by atoms with E-state index in [2.05, 4.69) is 0 Å². The van der Waals surface area contributed by atoms with E-state index in [9.17, 15) is 9.18 Å². The van der Waals surface area contributed by atoms with E-state index >= 15 is 0 Å². The fraction of sp³-hybridized carbons (Fsp3) is 0.533. The van der Waals surface area contributed by atoms with Gasteiger partial charge in [-0.1, -0.05) is 24.1 Å². The summed E-state index contributed by atoms with van der Waals surface area (Å²) in [6, 6.07) is 2.74. The molecule has 1 unspecified atom stereocenters. The summed E-state index contributed by atoms with van der Waals surface area (Å²) in [5.74, 6) is -0.509. The van der Waals surface area contributed by atoms with E-state index in [1.165, 1.54) is 6.07 Å². The van der Waals surface area contributed by atoms with Crippen LogP contribution in [0.15, 0.2) is 12.1 Å². The third kappa shape index (κ3) is 5.10. The van der Waals surface area contributed by atoms with Crippen molar-refractivity contribution in [2.75, 3.05) is 6.61 Å². The van der Waals surface area contributed by atoms with Crippen molar-refractivity contribution in [2.24, 2.45) is 5.73 Å². The highest BCUT2D eigenvalue weighted by molar-refractivity contribution is 6.31. The maximum Gasteiger partial charge on any atom is 0.305 e. The van der Waals surface area contributed by atoms with Crippen LogP contribution in [0.4, 0.5) is 4.39 Å². The van der Waals surface area contributed by atoms with Crippen LogP contribution in [0.25, 0.3) is 0 Å². The SMILES string of the molecule is CCOC(=O)CCCCC(N)c1cc(C)c(F)cc1Cl. The first-order chi connectivity index (χ1) is 9.45. The minimum Gasteiger partial charge on any atom is -0.466 e. The summed E-state index contributed by atoms with van der Waals surface area (Å²) in [7, 11) is 0. The third-order valence-corrected chi connectivity index (χ3v) is 3.46. The van der Waals surface area contributed by atoms with Crippen LogP contribution in [0.5, 0.6) is 0 Å². The van der Waals surface area contributed by atoms with Gasteiger partial charge in [0.15, 0.2) is 0 Å². The molecule has 20 heavy (non-hydrogen) atoms. The summed E-state index contributed by atoms with van der Waals surface area (Å²) in [4.78, 5) is 11.2. The van der Waals surface area contributed by atoms with Crippen molar-refractivity contribution in [3.8, 4) is 0 Å². The Bertz CT molecular complexity index is 465. The maximum absolute atomic E-state index is 13.3. The lowest BCUT2D eigenvalue weighted by Crippen LogP contribution is -2.12. The van der Waals surface area contributed by atoms with Gasteiger partial charge in [0.1, 0.15) is 5.82 Å². The number of carbonyl (C=O) groups is 1. The molecule has 0 saturated carbocycles. The number of ether oxygens (including phenoxy) is 1. The Morgan fingerprint density at radius 1 is 1.45 bits per heavy atom. The second kappa shape index (κ2) is 8.22. The number of unbranched alkanes of at least 4 members (excludes halogenated alkanes) is 1. The van der Waals surface area contributed by atoms with Gasteiger partial charge in [0.25, 0.3) is 0 Å². The van der Waals surface area contributed by atoms with Gasteiger partial charge in [-0.3, -0.25) is 4.79 Å². The Balaban J connectivity index is 2.45. The molecule has 0 amide bonds. The van der Waals surface area contributed by atoms with E-state index in [0.29, 0.717) is 30.0 Å². The fourth-order valence-corrected chi connectivity index (χ4v) is 2.28. The molecule has 1 aromatic carbocycles. The van der Waals surface area contributed by atoms with Crippen LogP contribution in [-0.2, 0) is 9.53 Å². The molecule has 1 atom stereocenters. The Labute approximate surface area is 124 Å². The van der Waals surface area contributed by atoms with Crippen molar-refractivity contribution in [3.05, 3.63) is 34.1 Å². The number of carbonyl (C=O) groups excluding carboxylic acids is 1. The minimum absolute atomic E-state index is 0.184. The van der Waals surface area contributed by atoms with Crippen LogP contribution in [0.1, 0.15) is 49.8 Å². The van der Waals surface area contributed by atoms with E-state index in [1.807, 2.05) is 0 Å². The van der Waals surface area contributed by atoms with Crippen molar-refractivity contribution in [1.82, 2.24) is 0 Å². The van der Waals surface area contributed by atoms with Gasteiger partial charge in [0, 0.05) is 17.5 Å². The predicted molar refractivity (Wildman–Crippen MR) is 78.2 cm³/mol. The lowest BCUT2D eigenvalue weighted by Gasteiger charge is -2.14. The van der Waals surface area contributed by atoms with Gasteiger partial charge in [-0.2, -0.15) is 0 Å². The highest BCUT2D eigenvalue weighted by atomic mass is 35.5. The van der Waals surface area contributed by atoms with Gasteiger partial charge >= 0.3 is 5.97 Å². The molecular formula is C15H21ClFNO2. The zero-order valence-electron chi connectivity index (χ0n) is 11.9. The molecule has 0 fully saturated rings. The first-order valence-corrected chi connectivity index (χ1v) is 7.20. The van der Waals surface area contributed by atoms with Crippen molar-refractivity contribution < 1.29 is 13.9 Å². The molecule has 0 spiro atoms. The summed E-state index contributed by atoms with van der Waals surface area (Å²) in [5, 5.41) is 0.353. The summed E-state index contributed by atoms with van der Waals surface area (Å²) in [6.45, 7) is 3.87. The molecule has 0 aromatic heterocycles. The normalized spacial score (nSPS) is 12.2. The lowest BCUT2D eigenvalue weighted by atomic mass is 9.99. The number of halogens is 2. The van der Waals surface area contributed by atoms with Gasteiger partial charge in [0.2, 0.25) is 0 Å². The number of esters is 1. The van der Waals surface area contributed by atoms with Crippen molar-refractivity contribution >= 4 is 17.6 Å². The molecule has 0 heterocycles. The fourth-order valence-electron chi connectivity index (χ4n) is 1.99.